The highest BCUT2D eigenvalue weighted by atomic mass is 27.2. The van der Waals surface area contributed by atoms with Gasteiger partial charge in [-0.15, -0.1) is 0 Å². The summed E-state index contributed by atoms with van der Waals surface area (Å²) in [5, 5.41) is 2.76. The predicted octanol–water partition coefficient (Wildman–Crippen LogP) is 6.11. The second-order valence-electron chi connectivity index (χ2n) is 6.80. The number of hydrogen-bond acceptors (Lipinski definition) is 1. The van der Waals surface area contributed by atoms with Gasteiger partial charge in [0, 0.05) is 0 Å². The SMILES string of the molecule is CCCCCCCC/C=[N]/[Al]([CH2]C(C)C)[CH2]C(C)C. The van der Waals surface area contributed by atoms with Crippen molar-refractivity contribution in [3.8, 4) is 0 Å². The van der Waals surface area contributed by atoms with Crippen LogP contribution in [-0.2, 0) is 0 Å². The molecule has 2 heteroatoms. The van der Waals surface area contributed by atoms with Crippen molar-refractivity contribution in [1.29, 1.82) is 0 Å². The lowest BCUT2D eigenvalue weighted by Crippen LogP contribution is -2.15. The first kappa shape index (κ1) is 19.2. The number of unbranched alkanes of at least 4 members (excludes halogenated alkanes) is 6. The average molecular weight is 281 g/mol. The van der Waals surface area contributed by atoms with E-state index in [1.807, 2.05) is 0 Å². The molecule has 0 amide bonds. The highest BCUT2D eigenvalue weighted by Gasteiger charge is 2.19. The maximum atomic E-state index is 4.95. The third-order valence-corrected chi connectivity index (χ3v) is 7.10. The minimum atomic E-state index is -0.850. The molecule has 0 aromatic heterocycles. The molecule has 0 bridgehead atoms. The van der Waals surface area contributed by atoms with Gasteiger partial charge in [0.2, 0.25) is 0 Å². The third-order valence-electron chi connectivity index (χ3n) is 3.49. The molecule has 0 heterocycles. The van der Waals surface area contributed by atoms with Gasteiger partial charge in [0.1, 0.15) is 0 Å². The van der Waals surface area contributed by atoms with Crippen LogP contribution in [0.25, 0.3) is 0 Å². The van der Waals surface area contributed by atoms with Crippen molar-refractivity contribution in [1.82, 2.24) is 0 Å². The van der Waals surface area contributed by atoms with E-state index in [2.05, 4.69) is 40.8 Å². The number of rotatable bonds is 12. The topological polar surface area (TPSA) is 12.4 Å². The molecule has 112 valence electrons. The van der Waals surface area contributed by atoms with E-state index in [9.17, 15) is 0 Å². The highest BCUT2D eigenvalue weighted by Crippen LogP contribution is 2.15. The van der Waals surface area contributed by atoms with Gasteiger partial charge in [-0.25, -0.2) is 0 Å². The molecule has 0 rings (SSSR count). The van der Waals surface area contributed by atoms with Crippen LogP contribution in [0.5, 0.6) is 0 Å². The van der Waals surface area contributed by atoms with Crippen molar-refractivity contribution >= 4 is 20.6 Å². The molecule has 0 saturated heterocycles. The fraction of sp³-hybridized carbons (Fsp3) is 0.941. The number of nitrogens with zero attached hydrogens (tertiary/aromatic N) is 1. The molecule has 0 unspecified atom stereocenters. The molecule has 0 atom stereocenters. The maximum absolute atomic E-state index is 4.95. The van der Waals surface area contributed by atoms with E-state index in [1.165, 1.54) is 55.5 Å². The van der Waals surface area contributed by atoms with Crippen molar-refractivity contribution in [3.63, 3.8) is 0 Å². The Hall–Kier alpha value is 0.202. The molecule has 0 fully saturated rings. The van der Waals surface area contributed by atoms with Gasteiger partial charge in [0.25, 0.3) is 0 Å². The van der Waals surface area contributed by atoms with Crippen LogP contribution in [0.3, 0.4) is 0 Å². The Morgan fingerprint density at radius 2 is 1.37 bits per heavy atom. The maximum Gasteiger partial charge on any atom is 0.435 e. The zero-order chi connectivity index (χ0) is 14.5. The first-order valence-corrected chi connectivity index (χ1v) is 10.7. The van der Waals surface area contributed by atoms with E-state index < -0.39 is 14.4 Å². The van der Waals surface area contributed by atoms with Crippen LogP contribution in [-0.4, -0.2) is 20.6 Å². The minimum absolute atomic E-state index is 0.821. The molecule has 0 aromatic carbocycles. The molecule has 0 aliphatic rings. The first-order chi connectivity index (χ1) is 9.06. The van der Waals surface area contributed by atoms with Crippen molar-refractivity contribution < 1.29 is 0 Å². The van der Waals surface area contributed by atoms with Crippen LogP contribution in [0.15, 0.2) is 3.98 Å². The molecule has 0 spiro atoms. The summed E-state index contributed by atoms with van der Waals surface area (Å²) >= 11 is -0.850. The van der Waals surface area contributed by atoms with Crippen molar-refractivity contribution in [2.24, 2.45) is 15.8 Å². The zero-order valence-corrected chi connectivity index (χ0v) is 15.3. The van der Waals surface area contributed by atoms with Crippen LogP contribution in [0.1, 0.15) is 79.6 Å². The molecule has 0 aliphatic heterocycles. The fourth-order valence-electron chi connectivity index (χ4n) is 2.55. The van der Waals surface area contributed by atoms with Gasteiger partial charge in [0.05, 0.1) is 0 Å². The summed E-state index contributed by atoms with van der Waals surface area (Å²) in [6, 6.07) is 0. The first-order valence-electron chi connectivity index (χ1n) is 8.57. The second kappa shape index (κ2) is 13.2. The Morgan fingerprint density at radius 1 is 0.842 bits per heavy atom. The molecule has 0 N–H and O–H groups in total. The van der Waals surface area contributed by atoms with E-state index >= 15 is 0 Å². The summed E-state index contributed by atoms with van der Waals surface area (Å²) in [5.74, 6) is 1.64. The van der Waals surface area contributed by atoms with Crippen molar-refractivity contribution in [2.75, 3.05) is 0 Å². The van der Waals surface area contributed by atoms with Gasteiger partial charge < -0.3 is 3.98 Å². The molecular formula is C17H36AlN. The van der Waals surface area contributed by atoms with Gasteiger partial charge in [-0.2, -0.15) is 0 Å². The molecule has 1 nitrogen and oxygen atoms in total. The molecule has 0 saturated carbocycles. The van der Waals surface area contributed by atoms with Gasteiger partial charge in [-0.05, 0) is 19.1 Å². The lowest BCUT2D eigenvalue weighted by atomic mass is 10.1. The smallest absolute Gasteiger partial charge is 0.409 e. The molecule has 0 aliphatic carbocycles. The van der Waals surface area contributed by atoms with E-state index in [4.69, 9.17) is 3.98 Å². The quantitative estimate of drug-likeness (QED) is 0.232. The van der Waals surface area contributed by atoms with Crippen LogP contribution < -0.4 is 0 Å². The summed E-state index contributed by atoms with van der Waals surface area (Å²) in [4.78, 5) is 0. The molecular weight excluding hydrogens is 245 g/mol. The average Bonchev–Trinajstić information content (AvgIpc) is 2.30. The fourth-order valence-corrected chi connectivity index (χ4v) is 5.61. The zero-order valence-electron chi connectivity index (χ0n) is 14.1. The van der Waals surface area contributed by atoms with E-state index in [-0.39, 0.29) is 0 Å². The summed E-state index contributed by atoms with van der Waals surface area (Å²) in [6.45, 7) is 11.6. The van der Waals surface area contributed by atoms with Gasteiger partial charge in [-0.1, -0.05) is 89.1 Å². The molecule has 0 aromatic rings. The lowest BCUT2D eigenvalue weighted by Gasteiger charge is -2.11. The van der Waals surface area contributed by atoms with Crippen LogP contribution >= 0.6 is 0 Å². The Kier molecular flexibility index (Phi) is 13.3. The standard InChI is InChI=1S/C9H18N.2C4H9.Al/c1-2-3-4-5-6-7-8-9-10;2*1-4(2)3;/h9H,2-8H2,1H3;2*4H,1H2,2-3H3;/q-1;;;+1. The summed E-state index contributed by atoms with van der Waals surface area (Å²) in [7, 11) is 0. The third kappa shape index (κ3) is 14.4. The normalized spacial score (nSPS) is 11.9. The Labute approximate surface area is 126 Å². The van der Waals surface area contributed by atoms with Crippen LogP contribution in [0.4, 0.5) is 0 Å². The Morgan fingerprint density at radius 3 is 1.89 bits per heavy atom. The summed E-state index contributed by atoms with van der Waals surface area (Å²) in [5.41, 5.74) is 0. The van der Waals surface area contributed by atoms with Gasteiger partial charge in [-0.3, -0.25) is 0 Å². The monoisotopic (exact) mass is 281 g/mol. The minimum Gasteiger partial charge on any atom is -0.409 e. The van der Waals surface area contributed by atoms with Crippen LogP contribution in [0.2, 0.25) is 10.6 Å². The Bertz CT molecular complexity index is 201. The molecule has 0 radical (unpaired) electrons. The summed E-state index contributed by atoms with van der Waals surface area (Å²) < 4.78 is 4.95. The molecule has 19 heavy (non-hydrogen) atoms. The second-order valence-corrected chi connectivity index (χ2v) is 9.35. The predicted molar refractivity (Wildman–Crippen MR) is 91.5 cm³/mol. The largest absolute Gasteiger partial charge is 0.435 e. The van der Waals surface area contributed by atoms with E-state index in [0.717, 1.165) is 11.8 Å². The van der Waals surface area contributed by atoms with Gasteiger partial charge in [0.15, 0.2) is 0 Å². The van der Waals surface area contributed by atoms with Crippen molar-refractivity contribution in [2.45, 2.75) is 90.1 Å². The Balaban J connectivity index is 3.72. The lowest BCUT2D eigenvalue weighted by molar-refractivity contribution is 0.617. The number of hydrogen-bond donors (Lipinski definition) is 0. The van der Waals surface area contributed by atoms with E-state index in [0.29, 0.717) is 0 Å². The van der Waals surface area contributed by atoms with E-state index in [1.54, 1.807) is 0 Å². The highest BCUT2D eigenvalue weighted by molar-refractivity contribution is 6.58. The van der Waals surface area contributed by atoms with Crippen LogP contribution in [0, 0.1) is 11.8 Å². The van der Waals surface area contributed by atoms with Crippen molar-refractivity contribution in [3.05, 3.63) is 0 Å². The summed E-state index contributed by atoms with van der Waals surface area (Å²) in [6.07, 6.45) is 11.8. The van der Waals surface area contributed by atoms with Gasteiger partial charge >= 0.3 is 14.4 Å².